The number of fused-ring (bicyclic) bond motifs is 3. The summed E-state index contributed by atoms with van der Waals surface area (Å²) >= 11 is 0. The number of benzene rings is 1. The van der Waals surface area contributed by atoms with Crippen LogP contribution in [0.25, 0.3) is 11.1 Å². The minimum Gasteiger partial charge on any atom is -0.294 e. The molecule has 2 unspecified atom stereocenters. The van der Waals surface area contributed by atoms with Gasteiger partial charge < -0.3 is 0 Å². The summed E-state index contributed by atoms with van der Waals surface area (Å²) in [6, 6.07) is 0. The molecule has 0 spiro atoms. The number of hydrogen-bond acceptors (Lipinski definition) is 1. The predicted molar refractivity (Wildman–Crippen MR) is 124 cm³/mol. The molecule has 3 aliphatic carbocycles. The molecule has 0 radical (unpaired) electrons. The Balaban J connectivity index is 1.97. The number of allylic oxidation sites excluding steroid dienone is 10. The molecular weight excluding hydrogens is 352 g/mol. The van der Waals surface area contributed by atoms with Crippen LogP contribution in [0.4, 0.5) is 0 Å². The molecule has 0 aromatic heterocycles. The minimum atomic E-state index is -0.0283. The van der Waals surface area contributed by atoms with Gasteiger partial charge in [-0.2, -0.15) is 0 Å². The number of carbonyl (C=O) groups excluding carboxylic acids is 1. The summed E-state index contributed by atoms with van der Waals surface area (Å²) < 4.78 is 0. The van der Waals surface area contributed by atoms with E-state index in [0.29, 0.717) is 5.78 Å². The Morgan fingerprint density at radius 1 is 0.793 bits per heavy atom. The van der Waals surface area contributed by atoms with Gasteiger partial charge in [-0.3, -0.25) is 4.79 Å². The lowest BCUT2D eigenvalue weighted by atomic mass is 9.72. The van der Waals surface area contributed by atoms with Crippen LogP contribution in [0, 0.1) is 39.5 Å². The summed E-state index contributed by atoms with van der Waals surface area (Å²) in [6.45, 7) is 17.9. The van der Waals surface area contributed by atoms with E-state index in [2.05, 4.69) is 67.5 Å². The van der Waals surface area contributed by atoms with Crippen LogP contribution in [0.1, 0.15) is 67.5 Å². The van der Waals surface area contributed by atoms with Gasteiger partial charge in [0, 0.05) is 17.4 Å². The fourth-order valence-corrected chi connectivity index (χ4v) is 5.71. The molecule has 0 aliphatic heterocycles. The van der Waals surface area contributed by atoms with Gasteiger partial charge in [0.05, 0.1) is 0 Å². The van der Waals surface area contributed by atoms with Crippen molar-refractivity contribution in [1.82, 2.24) is 0 Å². The molecule has 0 fully saturated rings. The van der Waals surface area contributed by atoms with Gasteiger partial charge in [0.15, 0.2) is 5.78 Å². The number of rotatable bonds is 2. The first-order chi connectivity index (χ1) is 13.7. The Hall–Kier alpha value is -2.41. The van der Waals surface area contributed by atoms with E-state index in [0.717, 1.165) is 12.0 Å². The highest BCUT2D eigenvalue weighted by atomic mass is 16.1. The van der Waals surface area contributed by atoms with Crippen LogP contribution in [-0.4, -0.2) is 5.78 Å². The summed E-state index contributed by atoms with van der Waals surface area (Å²) in [5.41, 5.74) is 16.0. The first-order valence-corrected chi connectivity index (χ1v) is 10.8. The second-order valence-electron chi connectivity index (χ2n) is 9.07. The normalized spacial score (nSPS) is 23.2. The minimum absolute atomic E-state index is 0.0283. The summed E-state index contributed by atoms with van der Waals surface area (Å²) in [5.74, 6) is 0.401. The van der Waals surface area contributed by atoms with Gasteiger partial charge in [0.1, 0.15) is 0 Å². The number of Topliss-reactive ketones (excluding diaryl/α,β-unsaturated/α-hetero) is 1. The molecule has 1 nitrogen and oxygen atoms in total. The fourth-order valence-electron chi connectivity index (χ4n) is 5.71. The third-order valence-corrected chi connectivity index (χ3v) is 7.78. The molecule has 1 aromatic carbocycles. The maximum absolute atomic E-state index is 13.5. The standard InChI is InChI=1S/C28H32O/c1-14-15(2)17(4)26-23(16(14)3)20(7)24-21(8)25(18(5)19(6)27(24)26)28(29)22-12-10-9-11-13-22/h9-12,21-22H,13H2,1-8H3. The van der Waals surface area contributed by atoms with E-state index in [4.69, 9.17) is 0 Å². The molecule has 0 N–H and O–H groups in total. The van der Waals surface area contributed by atoms with E-state index in [1.54, 1.807) is 0 Å². The second kappa shape index (κ2) is 6.83. The topological polar surface area (TPSA) is 17.1 Å². The molecule has 4 rings (SSSR count). The lowest BCUT2D eigenvalue weighted by Gasteiger charge is -2.31. The Morgan fingerprint density at radius 3 is 2.00 bits per heavy atom. The van der Waals surface area contributed by atoms with Gasteiger partial charge in [-0.25, -0.2) is 0 Å². The third-order valence-electron chi connectivity index (χ3n) is 7.78. The van der Waals surface area contributed by atoms with E-state index in [1.165, 1.54) is 61.2 Å². The summed E-state index contributed by atoms with van der Waals surface area (Å²) in [5, 5.41) is 0. The average Bonchev–Trinajstić information content (AvgIpc) is 3.03. The molecule has 0 heterocycles. The SMILES string of the molecule is CC1=C2C(=C(C)c3c(C)c(C)c(C)c(C)c32)C(C)C(C(=O)C2C=CC=CC2)=C1C. The summed E-state index contributed by atoms with van der Waals surface area (Å²) in [6.07, 6.45) is 9.03. The quantitative estimate of drug-likeness (QED) is 0.529. The van der Waals surface area contributed by atoms with Crippen LogP contribution in [-0.2, 0) is 4.79 Å². The Labute approximate surface area is 175 Å². The van der Waals surface area contributed by atoms with Crippen LogP contribution in [0.3, 0.4) is 0 Å². The first-order valence-electron chi connectivity index (χ1n) is 10.8. The Bertz CT molecular complexity index is 1110. The zero-order chi connectivity index (χ0) is 21.2. The lowest BCUT2D eigenvalue weighted by Crippen LogP contribution is -2.25. The van der Waals surface area contributed by atoms with E-state index < -0.39 is 0 Å². The monoisotopic (exact) mass is 384 g/mol. The highest BCUT2D eigenvalue weighted by molar-refractivity contribution is 6.10. The number of ketones is 1. The molecule has 0 bridgehead atoms. The van der Waals surface area contributed by atoms with Crippen molar-refractivity contribution in [2.24, 2.45) is 11.8 Å². The Kier molecular flexibility index (Phi) is 4.69. The Morgan fingerprint density at radius 2 is 1.41 bits per heavy atom. The van der Waals surface area contributed by atoms with Gasteiger partial charge in [-0.05, 0) is 116 Å². The van der Waals surface area contributed by atoms with Crippen molar-refractivity contribution in [1.29, 1.82) is 0 Å². The van der Waals surface area contributed by atoms with Crippen molar-refractivity contribution < 1.29 is 4.79 Å². The summed E-state index contributed by atoms with van der Waals surface area (Å²) in [7, 11) is 0. The molecule has 1 aromatic rings. The van der Waals surface area contributed by atoms with Crippen LogP contribution < -0.4 is 0 Å². The van der Waals surface area contributed by atoms with E-state index in [-0.39, 0.29) is 11.8 Å². The number of hydrogen-bond donors (Lipinski definition) is 0. The third kappa shape index (κ3) is 2.63. The second-order valence-corrected chi connectivity index (χ2v) is 9.07. The number of carbonyl (C=O) groups is 1. The first kappa shape index (κ1) is 19.9. The van der Waals surface area contributed by atoms with Crippen molar-refractivity contribution in [3.05, 3.63) is 80.0 Å². The van der Waals surface area contributed by atoms with Gasteiger partial charge in [-0.1, -0.05) is 31.2 Å². The molecule has 0 amide bonds. The van der Waals surface area contributed by atoms with Crippen LogP contribution in [0.5, 0.6) is 0 Å². The highest BCUT2D eigenvalue weighted by Crippen LogP contribution is 2.55. The zero-order valence-corrected chi connectivity index (χ0v) is 19.1. The maximum atomic E-state index is 13.5. The van der Waals surface area contributed by atoms with Gasteiger partial charge >= 0.3 is 0 Å². The van der Waals surface area contributed by atoms with Crippen LogP contribution >= 0.6 is 0 Å². The summed E-state index contributed by atoms with van der Waals surface area (Å²) in [4.78, 5) is 13.5. The molecule has 0 saturated carbocycles. The van der Waals surface area contributed by atoms with E-state index in [1.807, 2.05) is 12.2 Å². The van der Waals surface area contributed by atoms with E-state index in [9.17, 15) is 4.79 Å². The average molecular weight is 385 g/mol. The lowest BCUT2D eigenvalue weighted by molar-refractivity contribution is -0.118. The molecule has 1 heteroatoms. The van der Waals surface area contributed by atoms with Gasteiger partial charge in [0.2, 0.25) is 0 Å². The smallest absolute Gasteiger partial charge is 0.166 e. The largest absolute Gasteiger partial charge is 0.294 e. The van der Waals surface area contributed by atoms with Crippen LogP contribution in [0.15, 0.2) is 46.6 Å². The zero-order valence-electron chi connectivity index (χ0n) is 19.1. The van der Waals surface area contributed by atoms with Crippen molar-refractivity contribution in [2.45, 2.75) is 61.8 Å². The molecule has 150 valence electrons. The molecule has 2 atom stereocenters. The van der Waals surface area contributed by atoms with Crippen molar-refractivity contribution in [3.63, 3.8) is 0 Å². The maximum Gasteiger partial charge on any atom is 0.166 e. The predicted octanol–water partition coefficient (Wildman–Crippen LogP) is 7.15. The fraction of sp³-hybridized carbons (Fsp3) is 0.393. The van der Waals surface area contributed by atoms with Crippen molar-refractivity contribution in [2.75, 3.05) is 0 Å². The molecule has 3 aliphatic rings. The molecular formula is C28H32O. The van der Waals surface area contributed by atoms with Crippen molar-refractivity contribution in [3.8, 4) is 0 Å². The molecule has 0 saturated heterocycles. The van der Waals surface area contributed by atoms with Crippen molar-refractivity contribution >= 4 is 16.9 Å². The highest BCUT2D eigenvalue weighted by Gasteiger charge is 2.39. The van der Waals surface area contributed by atoms with Crippen LogP contribution in [0.2, 0.25) is 0 Å². The van der Waals surface area contributed by atoms with Gasteiger partial charge in [-0.15, -0.1) is 0 Å². The van der Waals surface area contributed by atoms with E-state index >= 15 is 0 Å². The molecule has 29 heavy (non-hydrogen) atoms. The van der Waals surface area contributed by atoms with Gasteiger partial charge in [0.25, 0.3) is 0 Å².